The minimum Gasteiger partial charge on any atom is -0.396 e. The molecule has 5 aliphatic carbocycles. The quantitative estimate of drug-likeness (QED) is 0.311. The van der Waals surface area contributed by atoms with Crippen LogP contribution >= 0.6 is 0 Å². The molecule has 3 heteroatoms. The van der Waals surface area contributed by atoms with Crippen LogP contribution in [0.25, 0.3) is 0 Å². The molecule has 0 spiro atoms. The minimum atomic E-state index is -0.147. The Hall–Kier alpha value is 1.10. The van der Waals surface area contributed by atoms with Gasteiger partial charge in [0.05, 0.1) is 6.10 Å². The Morgan fingerprint density at radius 3 is 2.15 bits per heavy atom. The average Bonchev–Trinajstić information content (AvgIpc) is 3.12. The molecule has 5 saturated carbocycles. The van der Waals surface area contributed by atoms with Crippen molar-refractivity contribution < 1.29 is 54.3 Å². The molecule has 2 nitrogen and oxygen atoms in total. The first-order valence-corrected chi connectivity index (χ1v) is 13.8. The average molecular weight is 670 g/mol. The van der Waals surface area contributed by atoms with E-state index in [-0.39, 0.29) is 61.0 Å². The van der Waals surface area contributed by atoms with Crippen molar-refractivity contribution in [3.63, 3.8) is 0 Å². The summed E-state index contributed by atoms with van der Waals surface area (Å²) in [5, 5.41) is 21.5. The molecule has 0 heterocycles. The predicted octanol–water partition coefficient (Wildman–Crippen LogP) is 7.00. The Morgan fingerprint density at radius 2 is 1.52 bits per heavy atom. The van der Waals surface area contributed by atoms with Gasteiger partial charge in [0.15, 0.2) is 0 Å². The van der Waals surface area contributed by atoms with E-state index < -0.39 is 0 Å². The summed E-state index contributed by atoms with van der Waals surface area (Å²) in [7, 11) is 0. The summed E-state index contributed by atoms with van der Waals surface area (Å²) in [6.07, 6.45) is 12.2. The SMILES string of the molecule is C=C(C)C1CCC2(CO)CC[C@]3(C)C(CCC4[C@@]5(C)CCC(O)C(C)(C)C5CC[C@]43C)C12.[Ac]. The molecule has 0 saturated heterocycles. The second kappa shape index (κ2) is 8.57. The molecule has 33 heavy (non-hydrogen) atoms. The molecule has 0 aromatic heterocycles. The van der Waals surface area contributed by atoms with Crippen LogP contribution in [0.15, 0.2) is 12.2 Å². The van der Waals surface area contributed by atoms with Crippen LogP contribution in [-0.2, 0) is 0 Å². The second-order valence-electron chi connectivity index (χ2n) is 14.6. The van der Waals surface area contributed by atoms with Gasteiger partial charge in [-0.2, -0.15) is 0 Å². The third kappa shape index (κ3) is 3.40. The van der Waals surface area contributed by atoms with Gasteiger partial charge in [0.1, 0.15) is 0 Å². The predicted molar refractivity (Wildman–Crippen MR) is 132 cm³/mol. The first-order chi connectivity index (χ1) is 14.9. The van der Waals surface area contributed by atoms with Crippen LogP contribution in [0.3, 0.4) is 0 Å². The van der Waals surface area contributed by atoms with Gasteiger partial charge in [-0.15, -0.1) is 0 Å². The fourth-order valence-electron chi connectivity index (χ4n) is 11.5. The van der Waals surface area contributed by atoms with E-state index in [1.54, 1.807) is 0 Å². The summed E-state index contributed by atoms with van der Waals surface area (Å²) >= 11 is 0. The Bertz CT molecular complexity index is 792. The zero-order valence-electron chi connectivity index (χ0n) is 22.4. The van der Waals surface area contributed by atoms with E-state index in [9.17, 15) is 10.2 Å². The van der Waals surface area contributed by atoms with Crippen LogP contribution in [-0.4, -0.2) is 22.9 Å². The summed E-state index contributed by atoms with van der Waals surface area (Å²) in [5.41, 5.74) is 2.60. The van der Waals surface area contributed by atoms with Crippen molar-refractivity contribution in [2.24, 2.45) is 56.7 Å². The van der Waals surface area contributed by atoms with Crippen LogP contribution in [0.5, 0.6) is 0 Å². The van der Waals surface area contributed by atoms with Crippen molar-refractivity contribution in [2.75, 3.05) is 6.61 Å². The third-order valence-electron chi connectivity index (χ3n) is 13.5. The number of aliphatic hydroxyl groups is 2. The van der Waals surface area contributed by atoms with Crippen LogP contribution in [0.1, 0.15) is 106 Å². The normalized spacial score (nSPS) is 54.8. The summed E-state index contributed by atoms with van der Waals surface area (Å²) < 4.78 is 0. The molecule has 5 aliphatic rings. The van der Waals surface area contributed by atoms with Gasteiger partial charge in [0, 0.05) is 50.7 Å². The van der Waals surface area contributed by atoms with Crippen molar-refractivity contribution in [3.05, 3.63) is 12.2 Å². The molecule has 5 fully saturated rings. The van der Waals surface area contributed by atoms with Gasteiger partial charge >= 0.3 is 0 Å². The van der Waals surface area contributed by atoms with Gasteiger partial charge in [-0.25, -0.2) is 0 Å². The van der Waals surface area contributed by atoms with Gasteiger partial charge in [0.2, 0.25) is 0 Å². The van der Waals surface area contributed by atoms with E-state index in [0.29, 0.717) is 40.6 Å². The number of fused-ring (bicyclic) bond motifs is 7. The van der Waals surface area contributed by atoms with Gasteiger partial charge in [-0.1, -0.05) is 46.8 Å². The van der Waals surface area contributed by atoms with E-state index in [4.69, 9.17) is 0 Å². The van der Waals surface area contributed by atoms with Crippen LogP contribution < -0.4 is 0 Å². The topological polar surface area (TPSA) is 40.5 Å². The Balaban J connectivity index is 0.00000259. The third-order valence-corrected chi connectivity index (χ3v) is 13.5. The molecule has 0 amide bonds. The summed E-state index contributed by atoms with van der Waals surface area (Å²) in [6.45, 7) is 19.7. The first-order valence-electron chi connectivity index (χ1n) is 13.8. The molecule has 5 rings (SSSR count). The molecule has 185 valence electrons. The smallest absolute Gasteiger partial charge is 0.0594 e. The molecular weight excluding hydrogens is 619 g/mol. The molecule has 1 radical (unpaired) electrons. The number of allylic oxidation sites excluding steroid dienone is 1. The minimum absolute atomic E-state index is 0. The molecule has 7 unspecified atom stereocenters. The second-order valence-corrected chi connectivity index (χ2v) is 14.6. The summed E-state index contributed by atoms with van der Waals surface area (Å²) in [5.74, 6) is 3.33. The molecule has 0 aliphatic heterocycles. The number of hydrogen-bond donors (Lipinski definition) is 2. The maximum Gasteiger partial charge on any atom is 0.0594 e. The first kappa shape index (κ1) is 27.1. The monoisotopic (exact) mass is 669 g/mol. The van der Waals surface area contributed by atoms with Crippen LogP contribution in [0.4, 0.5) is 0 Å². The molecule has 0 bridgehead atoms. The summed E-state index contributed by atoms with van der Waals surface area (Å²) in [6, 6.07) is 0. The maximum absolute atomic E-state index is 10.9. The molecule has 10 atom stereocenters. The zero-order chi connectivity index (χ0) is 23.3. The fraction of sp³-hybridized carbons (Fsp3) is 0.933. The van der Waals surface area contributed by atoms with Gasteiger partial charge in [-0.05, 0) is 128 Å². The number of hydrogen-bond acceptors (Lipinski definition) is 2. The van der Waals surface area contributed by atoms with Gasteiger partial charge < -0.3 is 10.2 Å². The van der Waals surface area contributed by atoms with Crippen molar-refractivity contribution >= 4 is 0 Å². The zero-order valence-corrected chi connectivity index (χ0v) is 27.2. The Morgan fingerprint density at radius 1 is 0.818 bits per heavy atom. The van der Waals surface area contributed by atoms with Gasteiger partial charge in [-0.3, -0.25) is 0 Å². The van der Waals surface area contributed by atoms with Crippen molar-refractivity contribution in [2.45, 2.75) is 112 Å². The van der Waals surface area contributed by atoms with E-state index in [0.717, 1.165) is 18.3 Å². The number of rotatable bonds is 2. The van der Waals surface area contributed by atoms with Crippen molar-refractivity contribution in [1.82, 2.24) is 0 Å². The van der Waals surface area contributed by atoms with Gasteiger partial charge in [0.25, 0.3) is 0 Å². The van der Waals surface area contributed by atoms with Crippen LogP contribution in [0.2, 0.25) is 0 Å². The van der Waals surface area contributed by atoms with E-state index in [1.807, 2.05) is 0 Å². The van der Waals surface area contributed by atoms with E-state index in [2.05, 4.69) is 48.1 Å². The molecule has 0 aromatic carbocycles. The largest absolute Gasteiger partial charge is 0.396 e. The Labute approximate surface area is 239 Å². The van der Waals surface area contributed by atoms with Crippen molar-refractivity contribution in [1.29, 1.82) is 0 Å². The van der Waals surface area contributed by atoms with Crippen molar-refractivity contribution in [3.8, 4) is 0 Å². The standard InChI is InChI=1S/C30H50O2.Ac/c1-19(2)20-10-15-30(18-31)17-16-28(6)21(25(20)30)8-9-23-27(5)13-12-24(32)26(3,4)22(27)11-14-29(23,28)7;/h20-25,31-32H,1,8-18H2,2-7H3;/t20?,21?,22?,23?,24?,25?,27-,28+,29+,30?;/m0./s1. The molecule has 2 N–H and O–H groups in total. The molecule has 0 aromatic rings. The maximum atomic E-state index is 10.9. The Kier molecular flexibility index (Phi) is 7.05. The summed E-state index contributed by atoms with van der Waals surface area (Å²) in [4.78, 5) is 0. The van der Waals surface area contributed by atoms with Crippen LogP contribution in [0, 0.1) is 101 Å². The number of aliphatic hydroxyl groups excluding tert-OH is 2. The molecular formula is C30H50AcO2. The van der Waals surface area contributed by atoms with E-state index >= 15 is 0 Å². The fourth-order valence-corrected chi connectivity index (χ4v) is 11.5. The van der Waals surface area contributed by atoms with E-state index in [1.165, 1.54) is 63.4 Å².